The van der Waals surface area contributed by atoms with Crippen molar-refractivity contribution in [2.45, 2.75) is 90.8 Å². The topological polar surface area (TPSA) is 103 Å². The Kier molecular flexibility index (Phi) is 8.30. The summed E-state index contributed by atoms with van der Waals surface area (Å²) >= 11 is 4.98. The van der Waals surface area contributed by atoms with Crippen LogP contribution in [0.15, 0.2) is 34.2 Å². The summed E-state index contributed by atoms with van der Waals surface area (Å²) in [6.07, 6.45) is 2.03. The van der Waals surface area contributed by atoms with E-state index in [0.29, 0.717) is 17.0 Å². The van der Waals surface area contributed by atoms with Gasteiger partial charge in [-0.15, -0.1) is 11.3 Å². The van der Waals surface area contributed by atoms with Crippen molar-refractivity contribution in [3.05, 3.63) is 50.4 Å². The third-order valence-electron chi connectivity index (χ3n) is 6.52. The number of likely N-dealkylation sites (tertiary alicyclic amines) is 1. The molecule has 0 radical (unpaired) electrons. The van der Waals surface area contributed by atoms with Gasteiger partial charge in [0.1, 0.15) is 16.1 Å². The molecule has 2 amide bonds. The van der Waals surface area contributed by atoms with Crippen molar-refractivity contribution in [3.8, 4) is 0 Å². The van der Waals surface area contributed by atoms with Crippen LogP contribution in [0.25, 0.3) is 0 Å². The highest BCUT2D eigenvalue weighted by atomic mass is 79.9. The zero-order valence-electron chi connectivity index (χ0n) is 22.9. The van der Waals surface area contributed by atoms with E-state index >= 15 is 0 Å². The summed E-state index contributed by atoms with van der Waals surface area (Å²) in [5.41, 5.74) is 5.07. The summed E-state index contributed by atoms with van der Waals surface area (Å²) < 4.78 is 6.71. The smallest absolute Gasteiger partial charge is 0.332 e. The molecule has 2 N–H and O–H groups in total. The lowest BCUT2D eigenvalue weighted by Gasteiger charge is -2.41. The number of hydrogen-bond acceptors (Lipinski definition) is 6. The molecule has 3 unspecified atom stereocenters. The first-order valence-corrected chi connectivity index (χ1v) is 14.2. The largest absolute Gasteiger partial charge is 0.458 e. The van der Waals surface area contributed by atoms with E-state index in [1.165, 1.54) is 11.3 Å². The molecule has 2 heterocycles. The van der Waals surface area contributed by atoms with E-state index in [2.05, 4.69) is 41.7 Å². The van der Waals surface area contributed by atoms with Crippen molar-refractivity contribution in [3.63, 3.8) is 0 Å². The molecule has 1 fully saturated rings. The van der Waals surface area contributed by atoms with Gasteiger partial charge in [-0.2, -0.15) is 0 Å². The molecule has 1 aliphatic heterocycles. The second kappa shape index (κ2) is 10.5. The van der Waals surface area contributed by atoms with Gasteiger partial charge in [0.2, 0.25) is 5.91 Å². The van der Waals surface area contributed by atoms with E-state index in [0.717, 1.165) is 10.0 Å². The molecule has 3 atom stereocenters. The summed E-state index contributed by atoms with van der Waals surface area (Å²) in [4.78, 5) is 47.2. The second-order valence-corrected chi connectivity index (χ2v) is 14.1. The third kappa shape index (κ3) is 6.08. The van der Waals surface area contributed by atoms with Gasteiger partial charge in [0.15, 0.2) is 0 Å². The molecule has 1 aromatic heterocycles. The van der Waals surface area contributed by atoms with Crippen molar-refractivity contribution in [2.24, 2.45) is 17.6 Å². The summed E-state index contributed by atoms with van der Waals surface area (Å²) in [7, 11) is 0. The van der Waals surface area contributed by atoms with Gasteiger partial charge in [0, 0.05) is 21.6 Å². The van der Waals surface area contributed by atoms with Crippen LogP contribution in [-0.4, -0.2) is 38.8 Å². The molecule has 202 valence electrons. The van der Waals surface area contributed by atoms with E-state index in [1.807, 2.05) is 19.9 Å². The van der Waals surface area contributed by atoms with Crippen LogP contribution in [0.5, 0.6) is 0 Å². The lowest BCUT2D eigenvalue weighted by Crippen LogP contribution is -2.56. The monoisotopic (exact) mass is 591 g/mol. The maximum absolute atomic E-state index is 14.4. The number of carbonyl (C=O) groups is 3. The van der Waals surface area contributed by atoms with Crippen LogP contribution in [-0.2, 0) is 19.7 Å². The number of aromatic nitrogens is 1. The first-order chi connectivity index (χ1) is 17.0. The van der Waals surface area contributed by atoms with Gasteiger partial charge in [-0.05, 0) is 62.6 Å². The number of esters is 1. The first-order valence-electron chi connectivity index (χ1n) is 12.5. The maximum Gasteiger partial charge on any atom is 0.332 e. The Hall–Kier alpha value is -2.26. The van der Waals surface area contributed by atoms with Crippen molar-refractivity contribution in [2.75, 3.05) is 0 Å². The number of rotatable bonds is 6. The maximum atomic E-state index is 14.4. The predicted molar refractivity (Wildman–Crippen MR) is 149 cm³/mol. The van der Waals surface area contributed by atoms with Crippen molar-refractivity contribution >= 4 is 45.1 Å². The average Bonchev–Trinajstić information content (AvgIpc) is 3.37. The molecule has 37 heavy (non-hydrogen) atoms. The van der Waals surface area contributed by atoms with Gasteiger partial charge < -0.3 is 15.4 Å². The van der Waals surface area contributed by atoms with Gasteiger partial charge in [-0.1, -0.05) is 56.6 Å². The van der Waals surface area contributed by atoms with E-state index in [-0.39, 0.29) is 23.7 Å². The van der Waals surface area contributed by atoms with E-state index in [9.17, 15) is 14.4 Å². The number of carbonyl (C=O) groups excluding carboxylic acids is 3. The van der Waals surface area contributed by atoms with Crippen LogP contribution >= 0.6 is 27.3 Å². The number of hydrogen-bond donors (Lipinski definition) is 1. The van der Waals surface area contributed by atoms with Gasteiger partial charge in [-0.3, -0.25) is 9.59 Å². The van der Waals surface area contributed by atoms with Crippen LogP contribution < -0.4 is 5.73 Å². The number of amides is 2. The van der Waals surface area contributed by atoms with Crippen molar-refractivity contribution in [1.82, 2.24) is 9.88 Å². The van der Waals surface area contributed by atoms with Gasteiger partial charge >= 0.3 is 5.97 Å². The van der Waals surface area contributed by atoms with Crippen molar-refractivity contribution < 1.29 is 19.1 Å². The highest BCUT2D eigenvalue weighted by Gasteiger charge is 2.62. The number of nitrogens with zero attached hydrogens (tertiary/aromatic N) is 2. The molecule has 1 aromatic carbocycles. The summed E-state index contributed by atoms with van der Waals surface area (Å²) in [5, 5.41) is 2.36. The minimum Gasteiger partial charge on any atom is -0.458 e. The molecular formula is C28H38BrN3O4S. The number of ether oxygens (including phenoxy) is 1. The lowest BCUT2D eigenvalue weighted by molar-refractivity contribution is -0.168. The van der Waals surface area contributed by atoms with Crippen LogP contribution in [0.2, 0.25) is 0 Å². The molecule has 0 saturated carbocycles. The summed E-state index contributed by atoms with van der Waals surface area (Å²) in [6, 6.07) is 4.71. The molecule has 3 rings (SSSR count). The molecular weight excluding hydrogens is 554 g/mol. The summed E-state index contributed by atoms with van der Waals surface area (Å²) in [5.74, 6) is -2.23. The summed E-state index contributed by atoms with van der Waals surface area (Å²) in [6.45, 7) is 15.6. The molecule has 0 bridgehead atoms. The molecule has 0 spiro atoms. The lowest BCUT2D eigenvalue weighted by atomic mass is 9.83. The van der Waals surface area contributed by atoms with Crippen molar-refractivity contribution in [1.29, 1.82) is 0 Å². The minimum atomic E-state index is -1.39. The molecule has 7 nitrogen and oxygen atoms in total. The Balaban J connectivity index is 2.26. The number of halogens is 1. The number of thiazole rings is 1. The Bertz CT molecular complexity index is 1170. The predicted octanol–water partition coefficient (Wildman–Crippen LogP) is 6.02. The van der Waals surface area contributed by atoms with Crippen LogP contribution in [0.1, 0.15) is 95.2 Å². The molecule has 1 saturated heterocycles. The zero-order valence-corrected chi connectivity index (χ0v) is 25.3. The fourth-order valence-corrected chi connectivity index (χ4v) is 6.92. The Labute approximate surface area is 232 Å². The van der Waals surface area contributed by atoms with E-state index in [1.54, 1.807) is 49.4 Å². The molecule has 0 aliphatic carbocycles. The number of benzene rings is 1. The molecule has 9 heteroatoms. The fraction of sp³-hybridized carbons (Fsp3) is 0.571. The number of nitrogens with two attached hydrogens (primary N) is 1. The second-order valence-electron chi connectivity index (χ2n) is 12.3. The standard InChI is InChI=1S/C28H38BrN3O4S/c1-16(2)14-28(25(35)36-27(6,7)8)15-18(22(30)33)21(23-31-11-12-37-23)32(28)24(34)17-9-10-19(20(29)13-17)26(3,4)5/h9-13,16,18,21H,14-15H2,1-8H3,(H2,30,33). The zero-order chi connectivity index (χ0) is 27.9. The molecule has 1 aliphatic rings. The first kappa shape index (κ1) is 29.3. The van der Waals surface area contributed by atoms with Crippen LogP contribution in [0.4, 0.5) is 0 Å². The fourth-order valence-electron chi connectivity index (χ4n) is 5.15. The Morgan fingerprint density at radius 1 is 1.22 bits per heavy atom. The highest BCUT2D eigenvalue weighted by molar-refractivity contribution is 9.10. The van der Waals surface area contributed by atoms with Gasteiger partial charge in [0.05, 0.1) is 12.0 Å². The Morgan fingerprint density at radius 3 is 2.32 bits per heavy atom. The van der Waals surface area contributed by atoms with Gasteiger partial charge in [-0.25, -0.2) is 9.78 Å². The number of primary amides is 1. The van der Waals surface area contributed by atoms with Crippen LogP contribution in [0, 0.1) is 11.8 Å². The normalized spacial score (nSPS) is 22.4. The molecule has 2 aromatic rings. The third-order valence-corrected chi connectivity index (χ3v) is 8.02. The Morgan fingerprint density at radius 2 is 1.86 bits per heavy atom. The minimum absolute atomic E-state index is 0.0291. The van der Waals surface area contributed by atoms with E-state index < -0.39 is 35.0 Å². The highest BCUT2D eigenvalue weighted by Crippen LogP contribution is 2.51. The average molecular weight is 593 g/mol. The van der Waals surface area contributed by atoms with Gasteiger partial charge in [0.25, 0.3) is 5.91 Å². The van der Waals surface area contributed by atoms with E-state index in [4.69, 9.17) is 10.5 Å². The van der Waals surface area contributed by atoms with Crippen LogP contribution in [0.3, 0.4) is 0 Å². The SMILES string of the molecule is CC(C)CC1(C(=O)OC(C)(C)C)CC(C(N)=O)C(c2nccs2)N1C(=O)c1ccc(C(C)(C)C)c(Br)c1. The quantitative estimate of drug-likeness (QED) is 0.414.